The summed E-state index contributed by atoms with van der Waals surface area (Å²) in [5.74, 6) is 2.35. The Bertz CT molecular complexity index is 545. The Labute approximate surface area is 157 Å². The summed E-state index contributed by atoms with van der Waals surface area (Å²) in [6.07, 6.45) is 6.86. The lowest BCUT2D eigenvalue weighted by atomic mass is 9.95. The molecule has 0 atom stereocenters. The van der Waals surface area contributed by atoms with Gasteiger partial charge >= 0.3 is 0 Å². The van der Waals surface area contributed by atoms with Crippen molar-refractivity contribution in [2.75, 3.05) is 46.4 Å². The van der Waals surface area contributed by atoms with Gasteiger partial charge in [0.25, 0.3) is 0 Å². The number of nitrogens with zero attached hydrogens (tertiary/aromatic N) is 2. The fourth-order valence-electron chi connectivity index (χ4n) is 3.92. The van der Waals surface area contributed by atoms with Crippen molar-refractivity contribution in [3.05, 3.63) is 24.3 Å². The van der Waals surface area contributed by atoms with Crippen molar-refractivity contribution in [1.82, 2.24) is 9.80 Å². The molecule has 2 heterocycles. The van der Waals surface area contributed by atoms with Gasteiger partial charge in [-0.05, 0) is 63.0 Å². The Morgan fingerprint density at radius 2 is 1.58 bits per heavy atom. The van der Waals surface area contributed by atoms with Crippen molar-refractivity contribution in [3.63, 3.8) is 0 Å². The topological polar surface area (TPSA) is 42.0 Å². The number of methoxy groups -OCH3 is 1. The molecule has 0 spiro atoms. The van der Waals surface area contributed by atoms with Gasteiger partial charge in [0, 0.05) is 25.6 Å². The zero-order chi connectivity index (χ0) is 18.2. The third kappa shape index (κ3) is 5.37. The molecule has 0 bridgehead atoms. The Balaban J connectivity index is 1.36. The van der Waals surface area contributed by atoms with E-state index in [1.807, 2.05) is 24.3 Å². The molecule has 2 saturated heterocycles. The Hall–Kier alpha value is -1.75. The summed E-state index contributed by atoms with van der Waals surface area (Å²) in [5.41, 5.74) is 0. The highest BCUT2D eigenvalue weighted by molar-refractivity contribution is 5.79. The molecule has 1 amide bonds. The molecule has 1 aromatic carbocycles. The number of hydrogen-bond acceptors (Lipinski definition) is 4. The van der Waals surface area contributed by atoms with E-state index in [4.69, 9.17) is 9.47 Å². The average molecular weight is 360 g/mol. The molecule has 2 fully saturated rings. The SMILES string of the molecule is COc1ccc(OCCN2CCC(C(=O)N3CCCCCC3)CC2)cc1. The highest BCUT2D eigenvalue weighted by atomic mass is 16.5. The van der Waals surface area contributed by atoms with Crippen molar-refractivity contribution in [3.8, 4) is 11.5 Å². The summed E-state index contributed by atoms with van der Waals surface area (Å²) in [6, 6.07) is 7.69. The fraction of sp³-hybridized carbons (Fsp3) is 0.667. The maximum atomic E-state index is 12.7. The maximum Gasteiger partial charge on any atom is 0.225 e. The second-order valence-electron chi connectivity index (χ2n) is 7.38. The number of ether oxygens (including phenoxy) is 2. The highest BCUT2D eigenvalue weighted by Crippen LogP contribution is 2.22. The van der Waals surface area contributed by atoms with Crippen LogP contribution in [0.25, 0.3) is 0 Å². The Morgan fingerprint density at radius 1 is 0.962 bits per heavy atom. The monoisotopic (exact) mass is 360 g/mol. The number of rotatable bonds is 6. The molecule has 5 heteroatoms. The number of likely N-dealkylation sites (tertiary alicyclic amines) is 2. The van der Waals surface area contributed by atoms with Crippen molar-refractivity contribution < 1.29 is 14.3 Å². The zero-order valence-electron chi connectivity index (χ0n) is 16.0. The molecule has 0 saturated carbocycles. The van der Waals surface area contributed by atoms with Crippen LogP contribution < -0.4 is 9.47 Å². The molecule has 144 valence electrons. The molecular formula is C21H32N2O3. The molecule has 0 aliphatic carbocycles. The normalized spacial score (nSPS) is 19.8. The van der Waals surface area contributed by atoms with E-state index in [2.05, 4.69) is 9.80 Å². The van der Waals surface area contributed by atoms with E-state index < -0.39 is 0 Å². The van der Waals surface area contributed by atoms with Gasteiger partial charge in [-0.1, -0.05) is 12.8 Å². The molecular weight excluding hydrogens is 328 g/mol. The largest absolute Gasteiger partial charge is 0.497 e. The third-order valence-corrected chi connectivity index (χ3v) is 5.59. The number of benzene rings is 1. The van der Waals surface area contributed by atoms with Crippen LogP contribution in [0.4, 0.5) is 0 Å². The lowest BCUT2D eigenvalue weighted by molar-refractivity contribution is -0.137. The molecule has 0 N–H and O–H groups in total. The third-order valence-electron chi connectivity index (χ3n) is 5.59. The van der Waals surface area contributed by atoms with Gasteiger partial charge in [0.1, 0.15) is 18.1 Å². The number of carbonyl (C=O) groups excluding carboxylic acids is 1. The van der Waals surface area contributed by atoms with Crippen LogP contribution in [0.15, 0.2) is 24.3 Å². The summed E-state index contributed by atoms with van der Waals surface area (Å²) in [7, 11) is 1.66. The van der Waals surface area contributed by atoms with E-state index in [-0.39, 0.29) is 5.92 Å². The van der Waals surface area contributed by atoms with E-state index in [1.54, 1.807) is 7.11 Å². The minimum Gasteiger partial charge on any atom is -0.497 e. The van der Waals surface area contributed by atoms with Crippen LogP contribution in [0.2, 0.25) is 0 Å². The van der Waals surface area contributed by atoms with Gasteiger partial charge in [-0.2, -0.15) is 0 Å². The zero-order valence-corrected chi connectivity index (χ0v) is 16.0. The summed E-state index contributed by atoms with van der Waals surface area (Å²) >= 11 is 0. The lowest BCUT2D eigenvalue weighted by Gasteiger charge is -2.33. The minimum atomic E-state index is 0.229. The highest BCUT2D eigenvalue weighted by Gasteiger charge is 2.28. The first-order valence-corrected chi connectivity index (χ1v) is 10.0. The van der Waals surface area contributed by atoms with E-state index in [9.17, 15) is 4.79 Å². The second-order valence-corrected chi connectivity index (χ2v) is 7.38. The fourth-order valence-corrected chi connectivity index (χ4v) is 3.92. The molecule has 26 heavy (non-hydrogen) atoms. The van der Waals surface area contributed by atoms with Gasteiger partial charge in [0.15, 0.2) is 0 Å². The average Bonchev–Trinajstić information content (AvgIpc) is 2.98. The number of amides is 1. The summed E-state index contributed by atoms with van der Waals surface area (Å²) in [6.45, 7) is 5.52. The van der Waals surface area contributed by atoms with E-state index in [1.165, 1.54) is 25.7 Å². The van der Waals surface area contributed by atoms with E-state index in [0.29, 0.717) is 12.5 Å². The molecule has 5 nitrogen and oxygen atoms in total. The molecule has 3 rings (SSSR count). The van der Waals surface area contributed by atoms with Crippen LogP contribution in [0, 0.1) is 5.92 Å². The Kier molecular flexibility index (Phi) is 7.18. The van der Waals surface area contributed by atoms with E-state index >= 15 is 0 Å². The summed E-state index contributed by atoms with van der Waals surface area (Å²) in [5, 5.41) is 0. The van der Waals surface area contributed by atoms with Crippen molar-refractivity contribution in [2.24, 2.45) is 5.92 Å². The first-order valence-electron chi connectivity index (χ1n) is 10.0. The Morgan fingerprint density at radius 3 is 2.19 bits per heavy atom. The van der Waals surface area contributed by atoms with Gasteiger partial charge in [-0.25, -0.2) is 0 Å². The van der Waals surface area contributed by atoms with Gasteiger partial charge < -0.3 is 14.4 Å². The number of carbonyl (C=O) groups is 1. The standard InChI is InChI=1S/C21H32N2O3/c1-25-19-6-8-20(9-7-19)26-17-16-22-14-10-18(11-15-22)21(24)23-12-4-2-3-5-13-23/h6-9,18H,2-5,10-17H2,1H3. The second kappa shape index (κ2) is 9.81. The van der Waals surface area contributed by atoms with Crippen molar-refractivity contribution in [2.45, 2.75) is 38.5 Å². The van der Waals surface area contributed by atoms with Crippen molar-refractivity contribution in [1.29, 1.82) is 0 Å². The number of hydrogen-bond donors (Lipinski definition) is 0. The molecule has 0 radical (unpaired) electrons. The van der Waals surface area contributed by atoms with Crippen LogP contribution in [-0.2, 0) is 4.79 Å². The van der Waals surface area contributed by atoms with Gasteiger partial charge in [0.2, 0.25) is 5.91 Å². The maximum absolute atomic E-state index is 12.7. The minimum absolute atomic E-state index is 0.229. The molecule has 2 aliphatic rings. The molecule has 0 unspecified atom stereocenters. The first-order chi connectivity index (χ1) is 12.8. The molecule has 1 aromatic rings. The predicted molar refractivity (Wildman–Crippen MR) is 103 cm³/mol. The summed E-state index contributed by atoms with van der Waals surface area (Å²) in [4.78, 5) is 17.3. The quantitative estimate of drug-likeness (QED) is 0.781. The first kappa shape index (κ1) is 19.0. The predicted octanol–water partition coefficient (Wildman–Crippen LogP) is 3.19. The van der Waals surface area contributed by atoms with Crippen LogP contribution in [0.1, 0.15) is 38.5 Å². The van der Waals surface area contributed by atoms with Gasteiger partial charge in [-0.3, -0.25) is 9.69 Å². The van der Waals surface area contributed by atoms with Crippen LogP contribution in [0.5, 0.6) is 11.5 Å². The van der Waals surface area contributed by atoms with Crippen molar-refractivity contribution >= 4 is 5.91 Å². The van der Waals surface area contributed by atoms with E-state index in [0.717, 1.165) is 57.1 Å². The van der Waals surface area contributed by atoms with Crippen LogP contribution >= 0.6 is 0 Å². The number of piperidine rings is 1. The van der Waals surface area contributed by atoms with Crippen LogP contribution in [-0.4, -0.2) is 62.1 Å². The van der Waals surface area contributed by atoms with Gasteiger partial charge in [0.05, 0.1) is 7.11 Å². The lowest BCUT2D eigenvalue weighted by Crippen LogP contribution is -2.43. The molecule has 2 aliphatic heterocycles. The van der Waals surface area contributed by atoms with Gasteiger partial charge in [-0.15, -0.1) is 0 Å². The van der Waals surface area contributed by atoms with Crippen LogP contribution in [0.3, 0.4) is 0 Å². The summed E-state index contributed by atoms with van der Waals surface area (Å²) < 4.78 is 11.0. The smallest absolute Gasteiger partial charge is 0.225 e. The molecule has 0 aromatic heterocycles.